The number of ether oxygens (including phenoxy) is 1. The smallest absolute Gasteiger partial charge is 0.246 e. The Morgan fingerprint density at radius 1 is 1.14 bits per heavy atom. The quantitative estimate of drug-likeness (QED) is 0.588. The van der Waals surface area contributed by atoms with Crippen molar-refractivity contribution in [2.24, 2.45) is 0 Å². The molecule has 0 bridgehead atoms. The van der Waals surface area contributed by atoms with E-state index in [1.807, 2.05) is 65.7 Å². The van der Waals surface area contributed by atoms with Crippen LogP contribution >= 0.6 is 0 Å². The molecule has 0 aromatic heterocycles. The number of aliphatic hydroxyl groups is 2. The summed E-state index contributed by atoms with van der Waals surface area (Å²) < 4.78 is 5.47. The molecule has 3 atom stereocenters. The largest absolute Gasteiger partial charge is 0.491 e. The molecule has 2 aliphatic rings. The summed E-state index contributed by atoms with van der Waals surface area (Å²) >= 11 is 0. The molecule has 3 unspecified atom stereocenters. The van der Waals surface area contributed by atoms with E-state index in [9.17, 15) is 9.90 Å². The van der Waals surface area contributed by atoms with Crippen LogP contribution in [0.3, 0.4) is 0 Å². The Bertz CT molecular complexity index is 854. The number of carbonyl (C=O) groups excluding carboxylic acids is 1. The highest BCUT2D eigenvalue weighted by molar-refractivity contribution is 5.95. The first-order valence-electron chi connectivity index (χ1n) is 9.26. The van der Waals surface area contributed by atoms with Crippen molar-refractivity contribution < 1.29 is 19.7 Å². The SMILES string of the molecule is O=C1NCNC2C(c3ccc(OCC(O)CO)cc3)=CN(c3ccccc3)C12. The fraction of sp³-hybridized carbons (Fsp3) is 0.286. The number of anilines is 1. The van der Waals surface area contributed by atoms with Crippen molar-refractivity contribution >= 4 is 17.2 Å². The highest BCUT2D eigenvalue weighted by Crippen LogP contribution is 2.35. The molecule has 2 aliphatic heterocycles. The lowest BCUT2D eigenvalue weighted by Crippen LogP contribution is -2.61. The van der Waals surface area contributed by atoms with Crippen molar-refractivity contribution in [2.45, 2.75) is 18.2 Å². The summed E-state index contributed by atoms with van der Waals surface area (Å²) in [4.78, 5) is 14.6. The van der Waals surface area contributed by atoms with Crippen LogP contribution < -0.4 is 20.3 Å². The molecule has 7 heteroatoms. The first-order valence-corrected chi connectivity index (χ1v) is 9.26. The van der Waals surface area contributed by atoms with Crippen LogP contribution in [0.25, 0.3) is 5.57 Å². The van der Waals surface area contributed by atoms with Crippen LogP contribution in [0.5, 0.6) is 5.75 Å². The summed E-state index contributed by atoms with van der Waals surface area (Å²) in [5.41, 5.74) is 2.99. The lowest BCUT2D eigenvalue weighted by molar-refractivity contribution is -0.123. The molecule has 1 saturated heterocycles. The van der Waals surface area contributed by atoms with Crippen LogP contribution in [0, 0.1) is 0 Å². The lowest BCUT2D eigenvalue weighted by Gasteiger charge is -2.33. The van der Waals surface area contributed by atoms with E-state index in [1.54, 1.807) is 0 Å². The normalized spacial score (nSPS) is 22.3. The van der Waals surface area contributed by atoms with Gasteiger partial charge in [-0.05, 0) is 35.4 Å². The van der Waals surface area contributed by atoms with Crippen LogP contribution in [-0.4, -0.2) is 54.2 Å². The maximum atomic E-state index is 12.6. The third-order valence-electron chi connectivity index (χ3n) is 4.98. The van der Waals surface area contributed by atoms with Crippen molar-refractivity contribution in [3.05, 3.63) is 66.4 Å². The summed E-state index contributed by atoms with van der Waals surface area (Å²) in [6, 6.07) is 16.9. The van der Waals surface area contributed by atoms with Gasteiger partial charge in [0, 0.05) is 11.9 Å². The van der Waals surface area contributed by atoms with E-state index < -0.39 is 6.10 Å². The van der Waals surface area contributed by atoms with Gasteiger partial charge in [-0.25, -0.2) is 0 Å². The van der Waals surface area contributed by atoms with E-state index >= 15 is 0 Å². The molecule has 7 nitrogen and oxygen atoms in total. The molecule has 0 radical (unpaired) electrons. The van der Waals surface area contributed by atoms with Gasteiger partial charge in [0.1, 0.15) is 24.5 Å². The van der Waals surface area contributed by atoms with E-state index in [0.717, 1.165) is 16.8 Å². The van der Waals surface area contributed by atoms with Gasteiger partial charge in [-0.3, -0.25) is 10.1 Å². The number of hydrogen-bond acceptors (Lipinski definition) is 6. The molecule has 1 amide bonds. The molecule has 4 rings (SSSR count). The number of carbonyl (C=O) groups is 1. The number of benzene rings is 2. The number of aliphatic hydroxyl groups excluding tert-OH is 2. The zero-order valence-electron chi connectivity index (χ0n) is 15.3. The second kappa shape index (κ2) is 8.02. The van der Waals surface area contributed by atoms with Gasteiger partial charge in [0.25, 0.3) is 0 Å². The van der Waals surface area contributed by atoms with Gasteiger partial charge < -0.3 is 25.2 Å². The minimum absolute atomic E-state index is 0.00297. The van der Waals surface area contributed by atoms with Gasteiger partial charge in [0.15, 0.2) is 0 Å². The minimum Gasteiger partial charge on any atom is -0.491 e. The maximum Gasteiger partial charge on any atom is 0.246 e. The van der Waals surface area contributed by atoms with Crippen molar-refractivity contribution in [1.29, 1.82) is 0 Å². The fourth-order valence-electron chi connectivity index (χ4n) is 3.57. The fourth-order valence-corrected chi connectivity index (χ4v) is 3.57. The predicted molar refractivity (Wildman–Crippen MR) is 106 cm³/mol. The van der Waals surface area contributed by atoms with Gasteiger partial charge in [-0.1, -0.05) is 30.3 Å². The van der Waals surface area contributed by atoms with Crippen molar-refractivity contribution in [3.63, 3.8) is 0 Å². The van der Waals surface area contributed by atoms with Crippen molar-refractivity contribution in [1.82, 2.24) is 10.6 Å². The maximum absolute atomic E-state index is 12.6. The molecule has 4 N–H and O–H groups in total. The third kappa shape index (κ3) is 3.60. The Labute approximate surface area is 163 Å². The molecule has 0 saturated carbocycles. The van der Waals surface area contributed by atoms with Crippen LogP contribution in [-0.2, 0) is 4.79 Å². The van der Waals surface area contributed by atoms with E-state index in [4.69, 9.17) is 9.84 Å². The Morgan fingerprint density at radius 2 is 1.89 bits per heavy atom. The highest BCUT2D eigenvalue weighted by Gasteiger charge is 2.43. The number of para-hydroxylation sites is 1. The predicted octanol–water partition coefficient (Wildman–Crippen LogP) is 0.694. The first-order chi connectivity index (χ1) is 13.7. The molecular formula is C21H23N3O4. The van der Waals surface area contributed by atoms with Gasteiger partial charge in [-0.2, -0.15) is 0 Å². The van der Waals surface area contributed by atoms with E-state index in [1.165, 1.54) is 0 Å². The van der Waals surface area contributed by atoms with Crippen LogP contribution in [0.2, 0.25) is 0 Å². The molecule has 28 heavy (non-hydrogen) atoms. The third-order valence-corrected chi connectivity index (χ3v) is 4.98. The summed E-state index contributed by atoms with van der Waals surface area (Å²) in [6.45, 7) is 0.129. The average molecular weight is 381 g/mol. The minimum atomic E-state index is -0.901. The van der Waals surface area contributed by atoms with Gasteiger partial charge in [-0.15, -0.1) is 0 Å². The zero-order valence-corrected chi connectivity index (χ0v) is 15.3. The Morgan fingerprint density at radius 3 is 2.61 bits per heavy atom. The molecule has 0 aliphatic carbocycles. The Balaban J connectivity index is 1.60. The molecule has 1 fully saturated rings. The summed E-state index contributed by atoms with van der Waals surface area (Å²) in [6.07, 6.45) is 1.12. The number of hydrogen-bond donors (Lipinski definition) is 4. The summed E-state index contributed by atoms with van der Waals surface area (Å²) in [5, 5.41) is 24.5. The molecule has 0 spiro atoms. The molecule has 146 valence electrons. The zero-order chi connectivity index (χ0) is 19.5. The monoisotopic (exact) mass is 381 g/mol. The van der Waals surface area contributed by atoms with E-state index in [-0.39, 0.29) is 31.2 Å². The van der Waals surface area contributed by atoms with Gasteiger partial charge in [0.2, 0.25) is 5.91 Å². The van der Waals surface area contributed by atoms with Crippen LogP contribution in [0.15, 0.2) is 60.8 Å². The van der Waals surface area contributed by atoms with Gasteiger partial charge >= 0.3 is 0 Å². The number of amides is 1. The van der Waals surface area contributed by atoms with E-state index in [0.29, 0.717) is 12.4 Å². The number of nitrogens with one attached hydrogen (secondary N) is 2. The summed E-state index contributed by atoms with van der Waals surface area (Å²) in [7, 11) is 0. The van der Waals surface area contributed by atoms with Crippen molar-refractivity contribution in [3.8, 4) is 5.75 Å². The topological polar surface area (TPSA) is 94.1 Å². The number of rotatable bonds is 6. The lowest BCUT2D eigenvalue weighted by atomic mass is 9.95. The molecule has 2 heterocycles. The second-order valence-electron chi connectivity index (χ2n) is 6.84. The Kier molecular flexibility index (Phi) is 5.29. The average Bonchev–Trinajstić information content (AvgIpc) is 3.14. The second-order valence-corrected chi connectivity index (χ2v) is 6.84. The van der Waals surface area contributed by atoms with E-state index in [2.05, 4.69) is 10.6 Å². The van der Waals surface area contributed by atoms with Gasteiger partial charge in [0.05, 0.1) is 19.3 Å². The molecule has 2 aromatic carbocycles. The molecule has 2 aromatic rings. The standard InChI is InChI=1S/C21H23N3O4/c25-11-16(26)12-28-17-8-6-14(7-9-17)18-10-24(15-4-2-1-3-5-15)20-19(18)22-13-23-21(20)27/h1-10,16,19-20,22,25-26H,11-13H2,(H,23,27). The van der Waals surface area contributed by atoms with Crippen molar-refractivity contribution in [2.75, 3.05) is 24.8 Å². The van der Waals surface area contributed by atoms with Crippen LogP contribution in [0.1, 0.15) is 5.56 Å². The number of fused-ring (bicyclic) bond motifs is 1. The van der Waals surface area contributed by atoms with Crippen LogP contribution in [0.4, 0.5) is 5.69 Å². The summed E-state index contributed by atoms with van der Waals surface area (Å²) in [5.74, 6) is 0.609. The number of nitrogens with zero attached hydrogens (tertiary/aromatic N) is 1. The first kappa shape index (κ1) is 18.5. The Hall–Kier alpha value is -2.87. The molecular weight excluding hydrogens is 358 g/mol. The highest BCUT2D eigenvalue weighted by atomic mass is 16.5.